The summed E-state index contributed by atoms with van der Waals surface area (Å²) in [5.74, 6) is -0.0154. The largest absolute Gasteiger partial charge is 0.480 e. The lowest BCUT2D eigenvalue weighted by atomic mass is 9.98. The molecule has 2 atom stereocenters. The van der Waals surface area contributed by atoms with E-state index >= 15 is 0 Å². The fraction of sp³-hybridized carbons (Fsp3) is 0.643. The summed E-state index contributed by atoms with van der Waals surface area (Å²) in [6.07, 6.45) is 0.657. The van der Waals surface area contributed by atoms with Gasteiger partial charge in [0.2, 0.25) is 0 Å². The van der Waals surface area contributed by atoms with Gasteiger partial charge in [-0.25, -0.2) is 0 Å². The lowest BCUT2D eigenvalue weighted by Crippen LogP contribution is -2.41. The molecule has 0 saturated carbocycles. The Balaban J connectivity index is 2.78. The van der Waals surface area contributed by atoms with Crippen LogP contribution in [-0.2, 0) is 4.79 Å². The van der Waals surface area contributed by atoms with Gasteiger partial charge >= 0.3 is 5.97 Å². The van der Waals surface area contributed by atoms with Crippen molar-refractivity contribution < 1.29 is 9.90 Å². The molecule has 2 N–H and O–H groups in total. The molecule has 0 amide bonds. The van der Waals surface area contributed by atoms with Crippen LogP contribution in [0.2, 0.25) is 0 Å². The van der Waals surface area contributed by atoms with E-state index in [4.69, 9.17) is 0 Å². The predicted molar refractivity (Wildman–Crippen MR) is 75.9 cm³/mol. The average molecular weight is 269 g/mol. The van der Waals surface area contributed by atoms with Gasteiger partial charge in [0.15, 0.2) is 0 Å². The summed E-state index contributed by atoms with van der Waals surface area (Å²) >= 11 is 1.68. The number of hydrogen-bond donors (Lipinski definition) is 2. The number of carbonyl (C=O) groups is 1. The number of rotatable bonds is 7. The third-order valence-corrected chi connectivity index (χ3v) is 3.86. The Morgan fingerprint density at radius 1 is 1.39 bits per heavy atom. The van der Waals surface area contributed by atoms with Crippen LogP contribution in [-0.4, -0.2) is 17.1 Å². The molecule has 0 aromatic carbocycles. The molecule has 102 valence electrons. The first-order valence-corrected chi connectivity index (χ1v) is 7.32. The molecule has 1 heterocycles. The van der Waals surface area contributed by atoms with E-state index in [0.29, 0.717) is 18.3 Å². The van der Waals surface area contributed by atoms with Gasteiger partial charge in [-0.15, -0.1) is 11.3 Å². The molecule has 1 rings (SSSR count). The molecule has 0 saturated heterocycles. The first-order chi connectivity index (χ1) is 8.41. The summed E-state index contributed by atoms with van der Waals surface area (Å²) in [6.45, 7) is 8.33. The lowest BCUT2D eigenvalue weighted by Gasteiger charge is -2.26. The molecule has 0 bridgehead atoms. The van der Waals surface area contributed by atoms with Gasteiger partial charge in [-0.1, -0.05) is 33.8 Å². The summed E-state index contributed by atoms with van der Waals surface area (Å²) in [5.41, 5.74) is 0. The molecule has 0 spiro atoms. The standard InChI is InChI=1S/C14H23NO2S/c1-9(2)8-11(14(16)17)15-13(10(3)4)12-6-5-7-18-12/h5-7,9-11,13,15H,8H2,1-4H3,(H,16,17). The molecule has 3 nitrogen and oxygen atoms in total. The van der Waals surface area contributed by atoms with E-state index in [1.54, 1.807) is 11.3 Å². The molecule has 0 fully saturated rings. The molecular formula is C14H23NO2S. The minimum Gasteiger partial charge on any atom is -0.480 e. The van der Waals surface area contributed by atoms with Crippen LogP contribution in [0.15, 0.2) is 17.5 Å². The third kappa shape index (κ3) is 4.42. The highest BCUT2D eigenvalue weighted by Crippen LogP contribution is 2.27. The molecule has 1 aromatic heterocycles. The number of hydrogen-bond acceptors (Lipinski definition) is 3. The number of nitrogens with one attached hydrogen (secondary N) is 1. The minimum atomic E-state index is -0.758. The van der Waals surface area contributed by atoms with Gasteiger partial charge < -0.3 is 5.11 Å². The highest BCUT2D eigenvalue weighted by molar-refractivity contribution is 7.10. The van der Waals surface area contributed by atoms with Gasteiger partial charge in [-0.3, -0.25) is 10.1 Å². The van der Waals surface area contributed by atoms with Crippen molar-refractivity contribution in [3.05, 3.63) is 22.4 Å². The highest BCUT2D eigenvalue weighted by atomic mass is 32.1. The Hall–Kier alpha value is -0.870. The topological polar surface area (TPSA) is 49.3 Å². The van der Waals surface area contributed by atoms with Crippen molar-refractivity contribution >= 4 is 17.3 Å². The summed E-state index contributed by atoms with van der Waals surface area (Å²) < 4.78 is 0. The molecule has 0 radical (unpaired) electrons. The zero-order valence-electron chi connectivity index (χ0n) is 11.5. The van der Waals surface area contributed by atoms with E-state index < -0.39 is 12.0 Å². The smallest absolute Gasteiger partial charge is 0.320 e. The lowest BCUT2D eigenvalue weighted by molar-refractivity contribution is -0.140. The van der Waals surface area contributed by atoms with Crippen LogP contribution in [0, 0.1) is 11.8 Å². The maximum absolute atomic E-state index is 11.3. The summed E-state index contributed by atoms with van der Waals surface area (Å²) in [6, 6.07) is 3.72. The van der Waals surface area contributed by atoms with Gasteiger partial charge in [0.25, 0.3) is 0 Å². The van der Waals surface area contributed by atoms with E-state index in [-0.39, 0.29) is 6.04 Å². The van der Waals surface area contributed by atoms with Crippen LogP contribution in [0.3, 0.4) is 0 Å². The van der Waals surface area contributed by atoms with E-state index in [2.05, 4.69) is 25.2 Å². The number of thiophene rings is 1. The zero-order valence-corrected chi connectivity index (χ0v) is 12.3. The average Bonchev–Trinajstić information content (AvgIpc) is 2.75. The molecule has 2 unspecified atom stereocenters. The quantitative estimate of drug-likeness (QED) is 0.796. The Morgan fingerprint density at radius 3 is 2.44 bits per heavy atom. The maximum atomic E-state index is 11.3. The first-order valence-electron chi connectivity index (χ1n) is 6.44. The number of carboxylic acids is 1. The zero-order chi connectivity index (χ0) is 13.7. The normalized spacial score (nSPS) is 15.0. The van der Waals surface area contributed by atoms with Crippen LogP contribution in [0.5, 0.6) is 0 Å². The second kappa shape index (κ2) is 6.90. The van der Waals surface area contributed by atoms with Gasteiger partial charge in [-0.2, -0.15) is 0 Å². The van der Waals surface area contributed by atoms with Crippen LogP contribution in [0.25, 0.3) is 0 Å². The monoisotopic (exact) mass is 269 g/mol. The van der Waals surface area contributed by atoms with Gasteiger partial charge in [-0.05, 0) is 29.7 Å². The van der Waals surface area contributed by atoms with Crippen LogP contribution in [0.1, 0.15) is 45.0 Å². The molecule has 1 aromatic rings. The van der Waals surface area contributed by atoms with Crippen LogP contribution < -0.4 is 5.32 Å². The van der Waals surface area contributed by atoms with E-state index in [9.17, 15) is 9.90 Å². The SMILES string of the molecule is CC(C)CC(NC(c1cccs1)C(C)C)C(=O)O. The summed E-state index contributed by atoms with van der Waals surface area (Å²) in [4.78, 5) is 12.5. The second-order valence-corrected chi connectivity index (χ2v) is 6.40. The Morgan fingerprint density at radius 2 is 2.06 bits per heavy atom. The number of aliphatic carboxylic acids is 1. The van der Waals surface area contributed by atoms with Crippen molar-refractivity contribution in [2.75, 3.05) is 0 Å². The van der Waals surface area contributed by atoms with Crippen LogP contribution >= 0.6 is 11.3 Å². The van der Waals surface area contributed by atoms with Crippen molar-refractivity contribution in [3.8, 4) is 0 Å². The fourth-order valence-corrected chi connectivity index (χ4v) is 2.96. The summed E-state index contributed by atoms with van der Waals surface area (Å²) in [7, 11) is 0. The molecule has 4 heteroatoms. The van der Waals surface area contributed by atoms with Crippen molar-refractivity contribution in [2.24, 2.45) is 11.8 Å². The first kappa shape index (κ1) is 15.2. The van der Waals surface area contributed by atoms with Crippen molar-refractivity contribution in [3.63, 3.8) is 0 Å². The highest BCUT2D eigenvalue weighted by Gasteiger charge is 2.25. The third-order valence-electron chi connectivity index (χ3n) is 2.90. The summed E-state index contributed by atoms with van der Waals surface area (Å²) in [5, 5.41) is 14.6. The Labute approximate surface area is 113 Å². The van der Waals surface area contributed by atoms with Crippen LogP contribution in [0.4, 0.5) is 0 Å². The molecular weight excluding hydrogens is 246 g/mol. The fourth-order valence-electron chi connectivity index (χ4n) is 2.00. The molecule has 0 aliphatic rings. The Kier molecular flexibility index (Phi) is 5.82. The van der Waals surface area contributed by atoms with E-state index in [0.717, 1.165) is 0 Å². The van der Waals surface area contributed by atoms with E-state index in [1.165, 1.54) is 4.88 Å². The second-order valence-electron chi connectivity index (χ2n) is 5.42. The van der Waals surface area contributed by atoms with Crippen molar-refractivity contribution in [1.29, 1.82) is 0 Å². The van der Waals surface area contributed by atoms with Crippen molar-refractivity contribution in [2.45, 2.75) is 46.2 Å². The molecule has 18 heavy (non-hydrogen) atoms. The van der Waals surface area contributed by atoms with Gasteiger partial charge in [0, 0.05) is 10.9 Å². The predicted octanol–water partition coefficient (Wildman–Crippen LogP) is 3.53. The maximum Gasteiger partial charge on any atom is 0.320 e. The van der Waals surface area contributed by atoms with Crippen molar-refractivity contribution in [1.82, 2.24) is 5.32 Å². The number of carboxylic acid groups (broad SMARTS) is 1. The molecule has 0 aliphatic heterocycles. The van der Waals surface area contributed by atoms with Gasteiger partial charge in [0.1, 0.15) is 6.04 Å². The van der Waals surface area contributed by atoms with E-state index in [1.807, 2.05) is 25.3 Å². The molecule has 0 aliphatic carbocycles. The van der Waals surface area contributed by atoms with Gasteiger partial charge in [0.05, 0.1) is 0 Å². The minimum absolute atomic E-state index is 0.116. The Bertz CT molecular complexity index is 360.